The normalized spacial score (nSPS) is 22.7. The molecule has 3 aliphatic rings. The number of amides is 1. The van der Waals surface area contributed by atoms with Crippen molar-refractivity contribution in [3.8, 4) is 0 Å². The maximum absolute atomic E-state index is 13.3. The molecule has 2 aromatic carbocycles. The predicted octanol–water partition coefficient (Wildman–Crippen LogP) is 4.15. The third-order valence-corrected chi connectivity index (χ3v) is 7.63. The molecular weight excluding hydrogens is 398 g/mol. The molecule has 1 unspecified atom stereocenters. The van der Waals surface area contributed by atoms with E-state index in [0.717, 1.165) is 44.2 Å². The van der Waals surface area contributed by atoms with Gasteiger partial charge in [-0.05, 0) is 49.4 Å². The molecule has 5 rings (SSSR count). The molecule has 2 fully saturated rings. The molecule has 1 amide bonds. The number of rotatable bonds is 2. The molecule has 2 saturated heterocycles. The molecule has 0 aromatic heterocycles. The molecule has 0 aliphatic carbocycles. The summed E-state index contributed by atoms with van der Waals surface area (Å²) in [4.78, 5) is 17.4. The van der Waals surface area contributed by atoms with Crippen LogP contribution in [-0.2, 0) is 10.0 Å². The Kier molecular flexibility index (Phi) is 4.85. The Morgan fingerprint density at radius 2 is 1.80 bits per heavy atom. The summed E-state index contributed by atoms with van der Waals surface area (Å²) in [6.07, 6.45) is 5.55. The average Bonchev–Trinajstić information content (AvgIpc) is 3.13. The molecule has 2 aromatic rings. The lowest BCUT2D eigenvalue weighted by Gasteiger charge is -2.30. The average molecular weight is 424 g/mol. The van der Waals surface area contributed by atoms with Gasteiger partial charge in [0.1, 0.15) is 10.7 Å². The fraction of sp³-hybridized carbons (Fsp3) is 0.391. The number of likely N-dealkylation sites (tertiary alicyclic amines) is 1. The monoisotopic (exact) mass is 423 g/mol. The number of amidine groups is 1. The Morgan fingerprint density at radius 3 is 2.63 bits per heavy atom. The highest BCUT2D eigenvalue weighted by molar-refractivity contribution is 7.90. The van der Waals surface area contributed by atoms with Crippen molar-refractivity contribution in [2.75, 3.05) is 18.0 Å². The minimum absolute atomic E-state index is 0.0292. The third kappa shape index (κ3) is 3.31. The van der Waals surface area contributed by atoms with Gasteiger partial charge in [-0.2, -0.15) is 8.42 Å². The number of hydrogen-bond donors (Lipinski definition) is 0. The molecule has 7 heteroatoms. The van der Waals surface area contributed by atoms with Gasteiger partial charge in [-0.3, -0.25) is 4.79 Å². The van der Waals surface area contributed by atoms with E-state index in [1.165, 1.54) is 6.07 Å². The van der Waals surface area contributed by atoms with Gasteiger partial charge in [0.25, 0.3) is 15.9 Å². The van der Waals surface area contributed by atoms with Gasteiger partial charge in [-0.1, -0.05) is 36.8 Å². The molecule has 30 heavy (non-hydrogen) atoms. The zero-order valence-electron chi connectivity index (χ0n) is 16.8. The number of fused-ring (bicyclic) bond motifs is 3. The van der Waals surface area contributed by atoms with Gasteiger partial charge in [0, 0.05) is 25.1 Å². The van der Waals surface area contributed by atoms with Crippen LogP contribution in [0.25, 0.3) is 0 Å². The van der Waals surface area contributed by atoms with Gasteiger partial charge >= 0.3 is 0 Å². The number of carbonyl (C=O) groups is 1. The highest BCUT2D eigenvalue weighted by Gasteiger charge is 2.34. The molecule has 0 saturated carbocycles. The third-order valence-electron chi connectivity index (χ3n) is 6.29. The van der Waals surface area contributed by atoms with Crippen LogP contribution in [0.15, 0.2) is 57.8 Å². The molecule has 156 valence electrons. The number of nitrogens with zero attached hydrogens (tertiary/aromatic N) is 3. The van der Waals surface area contributed by atoms with Crippen LogP contribution < -0.4 is 4.90 Å². The number of carbonyl (C=O) groups excluding carboxylic acids is 1. The lowest BCUT2D eigenvalue weighted by Crippen LogP contribution is -2.36. The Labute approximate surface area is 177 Å². The zero-order valence-corrected chi connectivity index (χ0v) is 17.6. The van der Waals surface area contributed by atoms with Gasteiger partial charge in [-0.15, -0.1) is 4.40 Å². The lowest BCUT2D eigenvalue weighted by atomic mass is 10.0. The van der Waals surface area contributed by atoms with E-state index in [2.05, 4.69) is 4.40 Å². The fourth-order valence-electron chi connectivity index (χ4n) is 4.81. The maximum atomic E-state index is 13.3. The second-order valence-electron chi connectivity index (χ2n) is 8.19. The first-order valence-electron chi connectivity index (χ1n) is 10.7. The van der Waals surface area contributed by atoms with E-state index < -0.39 is 10.0 Å². The smallest absolute Gasteiger partial charge is 0.286 e. The van der Waals surface area contributed by atoms with E-state index in [1.54, 1.807) is 12.1 Å². The van der Waals surface area contributed by atoms with Crippen LogP contribution in [0.3, 0.4) is 0 Å². The summed E-state index contributed by atoms with van der Waals surface area (Å²) in [6.45, 7) is 1.44. The second-order valence-corrected chi connectivity index (χ2v) is 9.77. The molecule has 3 aliphatic heterocycles. The minimum atomic E-state index is -3.80. The summed E-state index contributed by atoms with van der Waals surface area (Å²) in [7, 11) is -3.80. The zero-order chi connectivity index (χ0) is 20.7. The summed E-state index contributed by atoms with van der Waals surface area (Å²) in [5.41, 5.74) is 2.18. The highest BCUT2D eigenvalue weighted by Crippen LogP contribution is 2.37. The van der Waals surface area contributed by atoms with E-state index in [-0.39, 0.29) is 16.8 Å². The molecule has 1 atom stereocenters. The quantitative estimate of drug-likeness (QED) is 0.728. The Bertz CT molecular complexity index is 1110. The van der Waals surface area contributed by atoms with Crippen LogP contribution in [0.2, 0.25) is 0 Å². The molecule has 0 N–H and O–H groups in total. The van der Waals surface area contributed by atoms with Crippen LogP contribution in [0.4, 0.5) is 5.69 Å². The highest BCUT2D eigenvalue weighted by atomic mass is 32.2. The van der Waals surface area contributed by atoms with Gasteiger partial charge < -0.3 is 9.80 Å². The van der Waals surface area contributed by atoms with Crippen molar-refractivity contribution in [1.29, 1.82) is 0 Å². The topological polar surface area (TPSA) is 70.0 Å². The SMILES string of the molecule is O=C(c1ccc2c(c1)S(=O)(=O)N=C1CCCCCN12)N1CCCC1c1ccccc1. The summed E-state index contributed by atoms with van der Waals surface area (Å²) < 4.78 is 29.9. The Hall–Kier alpha value is -2.67. The van der Waals surface area contributed by atoms with Crippen molar-refractivity contribution in [2.45, 2.75) is 49.5 Å². The van der Waals surface area contributed by atoms with Crippen molar-refractivity contribution in [3.05, 3.63) is 59.7 Å². The van der Waals surface area contributed by atoms with Crippen molar-refractivity contribution >= 4 is 27.5 Å². The molecular formula is C23H25N3O3S. The van der Waals surface area contributed by atoms with Crippen LogP contribution in [-0.4, -0.2) is 38.2 Å². The van der Waals surface area contributed by atoms with Crippen molar-refractivity contribution in [2.24, 2.45) is 4.40 Å². The van der Waals surface area contributed by atoms with E-state index in [1.807, 2.05) is 40.1 Å². The van der Waals surface area contributed by atoms with Gasteiger partial charge in [0.15, 0.2) is 0 Å². The van der Waals surface area contributed by atoms with Crippen LogP contribution in [0.1, 0.15) is 60.5 Å². The Balaban J connectivity index is 1.50. The Morgan fingerprint density at radius 1 is 0.967 bits per heavy atom. The molecule has 0 bridgehead atoms. The first-order valence-corrected chi connectivity index (χ1v) is 12.1. The minimum Gasteiger partial charge on any atom is -0.332 e. The first kappa shape index (κ1) is 19.3. The van der Waals surface area contributed by atoms with Crippen LogP contribution in [0.5, 0.6) is 0 Å². The number of benzene rings is 2. The van der Waals surface area contributed by atoms with E-state index in [0.29, 0.717) is 30.1 Å². The van der Waals surface area contributed by atoms with Gasteiger partial charge in [-0.25, -0.2) is 0 Å². The summed E-state index contributed by atoms with van der Waals surface area (Å²) in [5, 5.41) is 0. The van der Waals surface area contributed by atoms with E-state index in [9.17, 15) is 13.2 Å². The summed E-state index contributed by atoms with van der Waals surface area (Å²) in [6, 6.07) is 15.1. The number of hydrogen-bond acceptors (Lipinski definition) is 4. The van der Waals surface area contributed by atoms with Crippen molar-refractivity contribution < 1.29 is 13.2 Å². The molecule has 6 nitrogen and oxygen atoms in total. The van der Waals surface area contributed by atoms with Crippen molar-refractivity contribution in [3.63, 3.8) is 0 Å². The maximum Gasteiger partial charge on any atom is 0.286 e. The lowest BCUT2D eigenvalue weighted by molar-refractivity contribution is 0.0735. The van der Waals surface area contributed by atoms with E-state index >= 15 is 0 Å². The van der Waals surface area contributed by atoms with Gasteiger partial charge in [0.05, 0.1) is 11.7 Å². The van der Waals surface area contributed by atoms with E-state index in [4.69, 9.17) is 0 Å². The first-order chi connectivity index (χ1) is 14.5. The molecule has 3 heterocycles. The van der Waals surface area contributed by atoms with Crippen LogP contribution in [0, 0.1) is 0 Å². The standard InChI is InChI=1S/C23H25N3O3S/c27-23(26-15-7-10-19(26)17-8-3-1-4-9-17)18-12-13-20-21(16-18)30(28,29)24-22-11-5-2-6-14-25(20)22/h1,3-4,8-9,12-13,16,19H,2,5-7,10-11,14-15H2. The van der Waals surface area contributed by atoms with Crippen LogP contribution >= 0.6 is 0 Å². The number of sulfonamides is 1. The summed E-state index contributed by atoms with van der Waals surface area (Å²) >= 11 is 0. The summed E-state index contributed by atoms with van der Waals surface area (Å²) in [5.74, 6) is 0.507. The fourth-order valence-corrected chi connectivity index (χ4v) is 6.09. The number of anilines is 1. The van der Waals surface area contributed by atoms with Gasteiger partial charge in [0.2, 0.25) is 0 Å². The van der Waals surface area contributed by atoms with Crippen molar-refractivity contribution in [1.82, 2.24) is 4.90 Å². The molecule has 0 radical (unpaired) electrons. The second kappa shape index (κ2) is 7.54. The molecule has 0 spiro atoms. The largest absolute Gasteiger partial charge is 0.332 e. The predicted molar refractivity (Wildman–Crippen MR) is 116 cm³/mol.